The predicted molar refractivity (Wildman–Crippen MR) is 106 cm³/mol. The third kappa shape index (κ3) is 4.68. The Morgan fingerprint density at radius 1 is 1.22 bits per heavy atom. The zero-order valence-electron chi connectivity index (χ0n) is 17.1. The molecule has 0 aliphatic carbocycles. The van der Waals surface area contributed by atoms with Crippen molar-refractivity contribution in [2.45, 2.75) is 83.5 Å². The highest BCUT2D eigenvalue weighted by Gasteiger charge is 2.50. The topological polar surface area (TPSA) is 84.7 Å². The van der Waals surface area contributed by atoms with Crippen LogP contribution in [0.2, 0.25) is 0 Å². The third-order valence-corrected chi connectivity index (χ3v) is 5.76. The summed E-state index contributed by atoms with van der Waals surface area (Å²) in [5.74, 6) is -1.66. The van der Waals surface area contributed by atoms with E-state index in [1.54, 1.807) is 0 Å². The maximum atomic E-state index is 11.8. The Labute approximate surface area is 162 Å². The van der Waals surface area contributed by atoms with Crippen LogP contribution in [-0.2, 0) is 14.4 Å². The first-order valence-electron chi connectivity index (χ1n) is 9.77. The predicted octanol–water partition coefficient (Wildman–Crippen LogP) is 3.08. The molecular formula is C21H33N3O3. The number of benzene rings is 1. The Hall–Kier alpha value is -1.92. The van der Waals surface area contributed by atoms with E-state index in [0.29, 0.717) is 12.8 Å². The lowest BCUT2D eigenvalue weighted by molar-refractivity contribution is -0.316. The summed E-state index contributed by atoms with van der Waals surface area (Å²) in [6.45, 7) is 10.6. The van der Waals surface area contributed by atoms with E-state index in [2.05, 4.69) is 57.1 Å². The second-order valence-electron chi connectivity index (χ2n) is 8.14. The van der Waals surface area contributed by atoms with Gasteiger partial charge in [-0.25, -0.2) is 0 Å². The van der Waals surface area contributed by atoms with E-state index in [4.69, 9.17) is 10.6 Å². The monoisotopic (exact) mass is 375 g/mol. The first-order chi connectivity index (χ1) is 12.6. The molecule has 0 bridgehead atoms. The molecule has 1 fully saturated rings. The maximum Gasteiger partial charge on any atom is 0.309 e. The number of carbonyl (C=O) groups excluding carboxylic acids is 2. The van der Waals surface area contributed by atoms with Crippen molar-refractivity contribution in [1.29, 1.82) is 0 Å². The Morgan fingerprint density at radius 3 is 2.33 bits per heavy atom. The van der Waals surface area contributed by atoms with E-state index >= 15 is 0 Å². The van der Waals surface area contributed by atoms with Crippen LogP contribution in [0, 0.1) is 0 Å². The number of nitrogens with zero attached hydrogens (tertiary/aromatic N) is 1. The van der Waals surface area contributed by atoms with Gasteiger partial charge in [-0.1, -0.05) is 44.2 Å². The molecule has 2 unspecified atom stereocenters. The standard InChI is InChI=1S/C21H33N3O3/c1-6-21(7-2)14-17(23-19(26)18(22)25)13-20(4,5)24(21)27-15(3)16-11-9-8-10-12-16/h8-12,15,17H,6-7,13-14H2,1-5H3,(H2,22,25)(H,23,26). The average Bonchev–Trinajstić information content (AvgIpc) is 2.63. The molecule has 6 heteroatoms. The van der Waals surface area contributed by atoms with Gasteiger partial charge in [-0.05, 0) is 52.0 Å². The second-order valence-corrected chi connectivity index (χ2v) is 8.14. The smallest absolute Gasteiger partial charge is 0.309 e. The number of piperidine rings is 1. The molecule has 0 saturated carbocycles. The summed E-state index contributed by atoms with van der Waals surface area (Å²) in [6.07, 6.45) is 3.05. The number of rotatable bonds is 6. The van der Waals surface area contributed by atoms with Crippen LogP contribution in [0.3, 0.4) is 0 Å². The fourth-order valence-corrected chi connectivity index (χ4v) is 4.32. The van der Waals surface area contributed by atoms with Crippen LogP contribution >= 0.6 is 0 Å². The molecule has 27 heavy (non-hydrogen) atoms. The third-order valence-electron chi connectivity index (χ3n) is 5.76. The lowest BCUT2D eigenvalue weighted by atomic mass is 9.74. The molecule has 3 N–H and O–H groups in total. The van der Waals surface area contributed by atoms with Crippen molar-refractivity contribution >= 4 is 11.8 Å². The van der Waals surface area contributed by atoms with Gasteiger partial charge >= 0.3 is 11.8 Å². The number of hydrogen-bond acceptors (Lipinski definition) is 4. The van der Waals surface area contributed by atoms with Gasteiger partial charge in [0.05, 0.1) is 0 Å². The molecule has 0 spiro atoms. The van der Waals surface area contributed by atoms with Crippen LogP contribution < -0.4 is 11.1 Å². The Kier molecular flexibility index (Phi) is 6.65. The molecular weight excluding hydrogens is 342 g/mol. The van der Waals surface area contributed by atoms with Gasteiger partial charge in [-0.15, -0.1) is 0 Å². The number of amides is 2. The SMILES string of the molecule is CCC1(CC)CC(NC(=O)C(N)=O)CC(C)(C)N1OC(C)c1ccccc1. The molecule has 1 heterocycles. The summed E-state index contributed by atoms with van der Waals surface area (Å²) >= 11 is 0. The van der Waals surface area contributed by atoms with E-state index in [1.807, 2.05) is 18.2 Å². The Balaban J connectivity index is 2.27. The molecule has 1 aliphatic heterocycles. The highest BCUT2D eigenvalue weighted by Crippen LogP contribution is 2.44. The summed E-state index contributed by atoms with van der Waals surface area (Å²) in [4.78, 5) is 29.5. The number of carbonyl (C=O) groups is 2. The van der Waals surface area contributed by atoms with Gasteiger partial charge in [0.25, 0.3) is 0 Å². The van der Waals surface area contributed by atoms with Crippen molar-refractivity contribution in [1.82, 2.24) is 10.4 Å². The Morgan fingerprint density at radius 2 is 1.81 bits per heavy atom. The highest BCUT2D eigenvalue weighted by atomic mass is 16.7. The van der Waals surface area contributed by atoms with Crippen molar-refractivity contribution in [2.75, 3.05) is 0 Å². The zero-order chi connectivity index (χ0) is 20.2. The molecule has 1 aromatic carbocycles. The normalized spacial score (nSPS) is 22.8. The van der Waals surface area contributed by atoms with E-state index in [9.17, 15) is 9.59 Å². The minimum atomic E-state index is -0.942. The average molecular weight is 376 g/mol. The molecule has 150 valence electrons. The van der Waals surface area contributed by atoms with Gasteiger partial charge in [0.15, 0.2) is 0 Å². The van der Waals surface area contributed by atoms with Crippen LogP contribution in [0.25, 0.3) is 0 Å². The number of nitrogens with two attached hydrogens (primary N) is 1. The van der Waals surface area contributed by atoms with Gasteiger partial charge in [-0.3, -0.25) is 14.4 Å². The van der Waals surface area contributed by atoms with Crippen molar-refractivity contribution in [3.05, 3.63) is 35.9 Å². The summed E-state index contributed by atoms with van der Waals surface area (Å²) in [7, 11) is 0. The van der Waals surface area contributed by atoms with Crippen molar-refractivity contribution in [2.24, 2.45) is 5.73 Å². The largest absolute Gasteiger partial charge is 0.361 e. The molecule has 2 rings (SSSR count). The molecule has 2 atom stereocenters. The first kappa shape index (κ1) is 21.4. The van der Waals surface area contributed by atoms with Crippen LogP contribution in [0.15, 0.2) is 30.3 Å². The number of hydroxylamine groups is 2. The van der Waals surface area contributed by atoms with E-state index in [1.165, 1.54) is 0 Å². The molecule has 2 amide bonds. The minimum Gasteiger partial charge on any atom is -0.361 e. The van der Waals surface area contributed by atoms with Gasteiger partial charge in [-0.2, -0.15) is 5.06 Å². The zero-order valence-corrected chi connectivity index (χ0v) is 17.1. The van der Waals surface area contributed by atoms with E-state index in [0.717, 1.165) is 18.4 Å². The molecule has 0 radical (unpaired) electrons. The number of hydrogen-bond donors (Lipinski definition) is 2. The minimum absolute atomic E-state index is 0.0836. The molecule has 6 nitrogen and oxygen atoms in total. The highest BCUT2D eigenvalue weighted by molar-refractivity contribution is 6.34. The van der Waals surface area contributed by atoms with Crippen molar-refractivity contribution < 1.29 is 14.4 Å². The maximum absolute atomic E-state index is 11.8. The molecule has 1 aromatic rings. The summed E-state index contributed by atoms with van der Waals surface area (Å²) < 4.78 is 0. The lowest BCUT2D eigenvalue weighted by Crippen LogP contribution is -2.66. The quantitative estimate of drug-likeness (QED) is 0.748. The van der Waals surface area contributed by atoms with E-state index < -0.39 is 11.8 Å². The van der Waals surface area contributed by atoms with E-state index in [-0.39, 0.29) is 23.2 Å². The van der Waals surface area contributed by atoms with Crippen LogP contribution in [0.5, 0.6) is 0 Å². The fourth-order valence-electron chi connectivity index (χ4n) is 4.32. The van der Waals surface area contributed by atoms with Crippen LogP contribution in [0.4, 0.5) is 0 Å². The van der Waals surface area contributed by atoms with Crippen LogP contribution in [-0.4, -0.2) is 34.0 Å². The molecule has 0 aromatic heterocycles. The van der Waals surface area contributed by atoms with Gasteiger partial charge in [0.2, 0.25) is 0 Å². The van der Waals surface area contributed by atoms with Crippen LogP contribution in [0.1, 0.15) is 72.0 Å². The van der Waals surface area contributed by atoms with Gasteiger partial charge < -0.3 is 11.1 Å². The van der Waals surface area contributed by atoms with Crippen molar-refractivity contribution in [3.63, 3.8) is 0 Å². The number of nitrogens with one attached hydrogen (secondary N) is 1. The summed E-state index contributed by atoms with van der Waals surface area (Å²) in [5.41, 5.74) is 5.70. The summed E-state index contributed by atoms with van der Waals surface area (Å²) in [6, 6.07) is 10.0. The summed E-state index contributed by atoms with van der Waals surface area (Å²) in [5, 5.41) is 4.95. The fraction of sp³-hybridized carbons (Fsp3) is 0.619. The second kappa shape index (κ2) is 8.40. The molecule has 1 saturated heterocycles. The van der Waals surface area contributed by atoms with Gasteiger partial charge in [0, 0.05) is 17.1 Å². The Bertz CT molecular complexity index is 656. The lowest BCUT2D eigenvalue weighted by Gasteiger charge is -2.57. The molecule has 1 aliphatic rings. The first-order valence-corrected chi connectivity index (χ1v) is 9.77. The van der Waals surface area contributed by atoms with Crippen molar-refractivity contribution in [3.8, 4) is 0 Å². The van der Waals surface area contributed by atoms with Gasteiger partial charge in [0.1, 0.15) is 6.10 Å². The number of primary amides is 1.